The summed E-state index contributed by atoms with van der Waals surface area (Å²) in [4.78, 5) is 0. The molecule has 4 rings (SSSR count). The second kappa shape index (κ2) is 8.80. The van der Waals surface area contributed by atoms with Crippen LogP contribution in [0, 0.1) is 36.5 Å². The molecule has 0 aliphatic heterocycles. The molecule has 0 spiro atoms. The predicted molar refractivity (Wildman–Crippen MR) is 130 cm³/mol. The number of aryl methyl sites for hydroxylation is 1. The third-order valence-corrected chi connectivity index (χ3v) is 5.93. The van der Waals surface area contributed by atoms with E-state index >= 15 is 0 Å². The number of nitriles is 2. The maximum atomic E-state index is 9.59. The number of benzene rings is 4. The monoisotopic (exact) mass is 414 g/mol. The molecule has 0 saturated carbocycles. The van der Waals surface area contributed by atoms with Gasteiger partial charge in [0.15, 0.2) is 0 Å². The molecule has 4 aromatic rings. The third kappa shape index (κ3) is 3.85. The number of hydrogen-bond acceptors (Lipinski definition) is 3. The first-order valence-electron chi connectivity index (χ1n) is 10.4. The van der Waals surface area contributed by atoms with E-state index in [4.69, 9.17) is 4.74 Å². The van der Waals surface area contributed by atoms with Crippen molar-refractivity contribution in [3.63, 3.8) is 0 Å². The standard InChI is InChI=1S/C29H22N2O/c1-19-20(2)28(17-30)29(18-31)26-15-8-22(16-27(19)26)5-4-21-6-9-23(10-7-21)24-11-13-25(32-3)14-12-24/h4-16H,1-3H3. The molecule has 0 amide bonds. The quantitative estimate of drug-likeness (QED) is 0.336. The van der Waals surface area contributed by atoms with Crippen LogP contribution in [0.2, 0.25) is 0 Å². The molecule has 32 heavy (non-hydrogen) atoms. The SMILES string of the molecule is COc1ccc(-c2ccc(C=Cc3ccc4c(C#N)c(C#N)c(C)c(C)c4c3)cc2)cc1. The zero-order valence-electron chi connectivity index (χ0n) is 18.3. The van der Waals surface area contributed by atoms with Crippen LogP contribution in [-0.2, 0) is 0 Å². The Balaban J connectivity index is 1.63. The van der Waals surface area contributed by atoms with Crippen LogP contribution in [0.15, 0.2) is 66.7 Å². The van der Waals surface area contributed by atoms with Crippen LogP contribution in [0.4, 0.5) is 0 Å². The highest BCUT2D eigenvalue weighted by Crippen LogP contribution is 2.30. The summed E-state index contributed by atoms with van der Waals surface area (Å²) >= 11 is 0. The molecule has 3 nitrogen and oxygen atoms in total. The Morgan fingerprint density at radius 1 is 0.656 bits per heavy atom. The maximum Gasteiger partial charge on any atom is 0.118 e. The second-order valence-electron chi connectivity index (χ2n) is 7.71. The highest BCUT2D eigenvalue weighted by Gasteiger charge is 2.14. The number of fused-ring (bicyclic) bond motifs is 1. The van der Waals surface area contributed by atoms with Crippen LogP contribution in [0.3, 0.4) is 0 Å². The van der Waals surface area contributed by atoms with Gasteiger partial charge in [0.1, 0.15) is 17.9 Å². The Morgan fingerprint density at radius 2 is 1.22 bits per heavy atom. The van der Waals surface area contributed by atoms with Gasteiger partial charge >= 0.3 is 0 Å². The first kappa shape index (κ1) is 20.9. The summed E-state index contributed by atoms with van der Waals surface area (Å²) in [7, 11) is 1.67. The summed E-state index contributed by atoms with van der Waals surface area (Å²) in [5, 5.41) is 20.9. The fraction of sp³-hybridized carbons (Fsp3) is 0.103. The van der Waals surface area contributed by atoms with E-state index < -0.39 is 0 Å². The summed E-state index contributed by atoms with van der Waals surface area (Å²) in [6.07, 6.45) is 4.15. The Labute approximate surface area is 188 Å². The minimum Gasteiger partial charge on any atom is -0.497 e. The van der Waals surface area contributed by atoms with E-state index in [0.29, 0.717) is 11.1 Å². The van der Waals surface area contributed by atoms with Gasteiger partial charge in [0.2, 0.25) is 0 Å². The minimum absolute atomic E-state index is 0.454. The van der Waals surface area contributed by atoms with Crippen molar-refractivity contribution in [3.05, 3.63) is 100 Å². The van der Waals surface area contributed by atoms with Gasteiger partial charge in [-0.15, -0.1) is 0 Å². The molecule has 0 heterocycles. The van der Waals surface area contributed by atoms with Gasteiger partial charge < -0.3 is 4.74 Å². The molecule has 154 valence electrons. The van der Waals surface area contributed by atoms with E-state index in [1.807, 2.05) is 38.1 Å². The van der Waals surface area contributed by atoms with Crippen molar-refractivity contribution in [3.8, 4) is 29.0 Å². The van der Waals surface area contributed by atoms with Crippen molar-refractivity contribution in [2.24, 2.45) is 0 Å². The van der Waals surface area contributed by atoms with Gasteiger partial charge in [-0.1, -0.05) is 60.7 Å². The van der Waals surface area contributed by atoms with Crippen molar-refractivity contribution < 1.29 is 4.74 Å². The fourth-order valence-electron chi connectivity index (χ4n) is 3.92. The molecule has 0 aromatic heterocycles. The van der Waals surface area contributed by atoms with E-state index in [0.717, 1.165) is 49.9 Å². The smallest absolute Gasteiger partial charge is 0.118 e. The van der Waals surface area contributed by atoms with E-state index in [9.17, 15) is 10.5 Å². The van der Waals surface area contributed by atoms with Gasteiger partial charge in [-0.25, -0.2) is 0 Å². The molecule has 0 aliphatic rings. The van der Waals surface area contributed by atoms with Crippen molar-refractivity contribution >= 4 is 22.9 Å². The van der Waals surface area contributed by atoms with Crippen molar-refractivity contribution in [2.75, 3.05) is 7.11 Å². The molecule has 0 atom stereocenters. The molecule has 0 aliphatic carbocycles. The summed E-state index contributed by atoms with van der Waals surface area (Å²) < 4.78 is 5.22. The largest absolute Gasteiger partial charge is 0.497 e. The summed E-state index contributed by atoms with van der Waals surface area (Å²) in [6, 6.07) is 26.9. The second-order valence-corrected chi connectivity index (χ2v) is 7.71. The van der Waals surface area contributed by atoms with E-state index in [1.165, 1.54) is 0 Å². The molecular formula is C29H22N2O. The number of methoxy groups -OCH3 is 1. The van der Waals surface area contributed by atoms with Gasteiger partial charge in [0.25, 0.3) is 0 Å². The number of rotatable bonds is 4. The number of hydrogen-bond donors (Lipinski definition) is 0. The lowest BCUT2D eigenvalue weighted by molar-refractivity contribution is 0.415. The van der Waals surface area contributed by atoms with E-state index in [1.54, 1.807) is 7.11 Å². The number of nitrogens with zero attached hydrogens (tertiary/aromatic N) is 2. The first-order valence-corrected chi connectivity index (χ1v) is 10.4. The van der Waals surface area contributed by atoms with Crippen LogP contribution in [0.25, 0.3) is 34.1 Å². The van der Waals surface area contributed by atoms with Gasteiger partial charge in [0, 0.05) is 5.39 Å². The number of ether oxygens (including phenoxy) is 1. The molecule has 0 bridgehead atoms. The lowest BCUT2D eigenvalue weighted by atomic mass is 9.90. The van der Waals surface area contributed by atoms with Gasteiger partial charge in [-0.2, -0.15) is 10.5 Å². The maximum absolute atomic E-state index is 9.59. The Morgan fingerprint density at radius 3 is 1.81 bits per heavy atom. The Bertz CT molecular complexity index is 1410. The zero-order chi connectivity index (χ0) is 22.7. The average molecular weight is 415 g/mol. The topological polar surface area (TPSA) is 56.8 Å². The molecule has 4 aromatic carbocycles. The molecular weight excluding hydrogens is 392 g/mol. The lowest BCUT2D eigenvalue weighted by Gasteiger charge is -2.11. The highest BCUT2D eigenvalue weighted by molar-refractivity contribution is 5.95. The van der Waals surface area contributed by atoms with Crippen molar-refractivity contribution in [2.45, 2.75) is 13.8 Å². The molecule has 0 radical (unpaired) electrons. The molecule has 3 heteroatoms. The summed E-state index contributed by atoms with van der Waals surface area (Å²) in [5.74, 6) is 0.847. The highest BCUT2D eigenvalue weighted by atomic mass is 16.5. The van der Waals surface area contributed by atoms with Crippen LogP contribution in [-0.4, -0.2) is 7.11 Å². The van der Waals surface area contributed by atoms with Crippen molar-refractivity contribution in [1.82, 2.24) is 0 Å². The van der Waals surface area contributed by atoms with Crippen LogP contribution in [0.5, 0.6) is 5.75 Å². The predicted octanol–water partition coefficient (Wildman–Crippen LogP) is 7.05. The zero-order valence-corrected chi connectivity index (χ0v) is 18.3. The third-order valence-electron chi connectivity index (χ3n) is 5.93. The Hall–Kier alpha value is -4.34. The summed E-state index contributed by atoms with van der Waals surface area (Å²) in [5.41, 5.74) is 7.28. The molecule has 0 N–H and O–H groups in total. The van der Waals surface area contributed by atoms with Crippen LogP contribution < -0.4 is 4.74 Å². The molecule has 0 saturated heterocycles. The van der Waals surface area contributed by atoms with E-state index in [2.05, 4.69) is 66.8 Å². The van der Waals surface area contributed by atoms with E-state index in [-0.39, 0.29) is 0 Å². The summed E-state index contributed by atoms with van der Waals surface area (Å²) in [6.45, 7) is 3.91. The normalized spacial score (nSPS) is 10.8. The van der Waals surface area contributed by atoms with Crippen LogP contribution in [0.1, 0.15) is 33.4 Å². The first-order chi connectivity index (χ1) is 15.5. The van der Waals surface area contributed by atoms with Gasteiger partial charge in [-0.05, 0) is 70.8 Å². The van der Waals surface area contributed by atoms with Gasteiger partial charge in [-0.3, -0.25) is 0 Å². The van der Waals surface area contributed by atoms with Crippen LogP contribution >= 0.6 is 0 Å². The molecule has 0 fully saturated rings. The fourth-order valence-corrected chi connectivity index (χ4v) is 3.92. The van der Waals surface area contributed by atoms with Crippen molar-refractivity contribution in [1.29, 1.82) is 10.5 Å². The minimum atomic E-state index is 0.454. The lowest BCUT2D eigenvalue weighted by Crippen LogP contribution is -1.96. The Kier molecular flexibility index (Phi) is 5.75. The average Bonchev–Trinajstić information content (AvgIpc) is 2.85. The molecule has 0 unspecified atom stereocenters. The van der Waals surface area contributed by atoms with Gasteiger partial charge in [0.05, 0.1) is 18.2 Å².